The molecule has 1 amide bonds. The van der Waals surface area contributed by atoms with Crippen molar-refractivity contribution in [1.82, 2.24) is 24.7 Å². The highest BCUT2D eigenvalue weighted by atomic mass is 35.5. The first-order chi connectivity index (χ1) is 11.6. The molecule has 2 fully saturated rings. The molecule has 3 rings (SSSR count). The predicted octanol–water partition coefficient (Wildman–Crippen LogP) is 1.14. The van der Waals surface area contributed by atoms with E-state index in [9.17, 15) is 13.6 Å². The number of carbonyl (C=O) groups is 1. The van der Waals surface area contributed by atoms with Gasteiger partial charge in [0.15, 0.2) is 0 Å². The Hall–Kier alpha value is -1.00. The number of imidazole rings is 1. The molecule has 1 aromatic rings. The van der Waals surface area contributed by atoms with Gasteiger partial charge in [-0.2, -0.15) is 8.78 Å². The summed E-state index contributed by atoms with van der Waals surface area (Å²) in [4.78, 5) is 20.4. The molecule has 0 saturated carbocycles. The van der Waals surface area contributed by atoms with E-state index in [2.05, 4.69) is 10.3 Å². The Bertz CT molecular complexity index is 570. The van der Waals surface area contributed by atoms with E-state index in [0.29, 0.717) is 51.7 Å². The quantitative estimate of drug-likeness (QED) is 0.798. The van der Waals surface area contributed by atoms with Crippen LogP contribution in [0.5, 0.6) is 0 Å². The van der Waals surface area contributed by atoms with Crippen molar-refractivity contribution in [3.8, 4) is 0 Å². The summed E-state index contributed by atoms with van der Waals surface area (Å²) in [5.41, 5.74) is 0. The molecule has 2 saturated heterocycles. The first-order valence-electron chi connectivity index (χ1n) is 8.22. The van der Waals surface area contributed by atoms with Gasteiger partial charge in [0.05, 0.1) is 19.3 Å². The second kappa shape index (κ2) is 10.4. The van der Waals surface area contributed by atoms with Crippen LogP contribution in [-0.2, 0) is 16.1 Å². The largest absolute Gasteiger partial charge is 0.375 e. The lowest BCUT2D eigenvalue weighted by molar-refractivity contribution is -0.141. The minimum atomic E-state index is -2.58. The highest BCUT2D eigenvalue weighted by Gasteiger charge is 2.33. The normalized spacial score (nSPS) is 24.1. The van der Waals surface area contributed by atoms with E-state index in [-0.39, 0.29) is 42.9 Å². The number of aromatic nitrogens is 2. The van der Waals surface area contributed by atoms with Gasteiger partial charge in [0.2, 0.25) is 5.91 Å². The van der Waals surface area contributed by atoms with Crippen LogP contribution in [0.25, 0.3) is 0 Å². The number of morpholine rings is 1. The van der Waals surface area contributed by atoms with Gasteiger partial charge in [0.25, 0.3) is 0 Å². The molecule has 150 valence electrons. The summed E-state index contributed by atoms with van der Waals surface area (Å²) in [6, 6.07) is -0.303. The third-order valence-electron chi connectivity index (χ3n) is 4.59. The molecular formula is C15H25Cl2F2N5O2. The van der Waals surface area contributed by atoms with Crippen molar-refractivity contribution in [3.05, 3.63) is 18.2 Å². The fraction of sp³-hybridized carbons (Fsp3) is 0.733. The van der Waals surface area contributed by atoms with E-state index < -0.39 is 6.55 Å². The second-order valence-corrected chi connectivity index (χ2v) is 6.14. The first kappa shape index (κ1) is 23.0. The van der Waals surface area contributed by atoms with Crippen molar-refractivity contribution in [2.45, 2.75) is 32.2 Å². The maximum Gasteiger partial charge on any atom is 0.319 e. The molecule has 26 heavy (non-hydrogen) atoms. The van der Waals surface area contributed by atoms with Gasteiger partial charge in [-0.1, -0.05) is 0 Å². The molecule has 0 aromatic carbocycles. The number of hydrogen-bond acceptors (Lipinski definition) is 5. The van der Waals surface area contributed by atoms with Crippen LogP contribution in [0.15, 0.2) is 12.4 Å². The second-order valence-electron chi connectivity index (χ2n) is 6.14. The third-order valence-corrected chi connectivity index (χ3v) is 4.59. The molecule has 2 atom stereocenters. The molecule has 7 nitrogen and oxygen atoms in total. The van der Waals surface area contributed by atoms with E-state index in [1.807, 2.05) is 16.7 Å². The lowest BCUT2D eigenvalue weighted by Gasteiger charge is -2.38. The lowest BCUT2D eigenvalue weighted by atomic mass is 10.1. The number of rotatable bonds is 4. The van der Waals surface area contributed by atoms with Crippen molar-refractivity contribution < 1.29 is 18.3 Å². The van der Waals surface area contributed by atoms with Gasteiger partial charge in [0, 0.05) is 45.1 Å². The number of carbonyl (C=O) groups excluding carboxylic acids is 1. The van der Waals surface area contributed by atoms with Crippen LogP contribution >= 0.6 is 24.8 Å². The Kier molecular flexibility index (Phi) is 9.18. The minimum absolute atomic E-state index is 0. The SMILES string of the molecule is C[C@H]1OCCN[C@@H]1C(=O)N1CCN(Cc2nccn2C(F)F)CC1.Cl.Cl. The summed E-state index contributed by atoms with van der Waals surface area (Å²) in [5.74, 6) is 0.400. The summed E-state index contributed by atoms with van der Waals surface area (Å²) in [6.45, 7) is 3.43. The molecule has 0 aliphatic carbocycles. The van der Waals surface area contributed by atoms with Crippen molar-refractivity contribution in [1.29, 1.82) is 0 Å². The molecule has 3 heterocycles. The molecule has 1 N–H and O–H groups in total. The zero-order chi connectivity index (χ0) is 17.1. The van der Waals surface area contributed by atoms with E-state index in [1.165, 1.54) is 12.4 Å². The molecule has 0 bridgehead atoms. The predicted molar refractivity (Wildman–Crippen MR) is 97.0 cm³/mol. The Morgan fingerprint density at radius 1 is 1.35 bits per heavy atom. The van der Waals surface area contributed by atoms with E-state index in [1.54, 1.807) is 0 Å². The number of halogens is 4. The summed E-state index contributed by atoms with van der Waals surface area (Å²) < 4.78 is 32.1. The Morgan fingerprint density at radius 3 is 2.65 bits per heavy atom. The molecule has 2 aliphatic rings. The monoisotopic (exact) mass is 415 g/mol. The van der Waals surface area contributed by atoms with Crippen LogP contribution in [0.4, 0.5) is 8.78 Å². The summed E-state index contributed by atoms with van der Waals surface area (Å²) >= 11 is 0. The summed E-state index contributed by atoms with van der Waals surface area (Å²) in [5, 5.41) is 3.21. The molecular weight excluding hydrogens is 391 g/mol. The third kappa shape index (κ3) is 5.26. The summed E-state index contributed by atoms with van der Waals surface area (Å²) in [6.07, 6.45) is 2.54. The van der Waals surface area contributed by atoms with E-state index in [4.69, 9.17) is 4.74 Å². The highest BCUT2D eigenvalue weighted by Crippen LogP contribution is 2.16. The Labute approximate surface area is 163 Å². The maximum absolute atomic E-state index is 12.9. The van der Waals surface area contributed by atoms with Crippen LogP contribution < -0.4 is 5.32 Å². The minimum Gasteiger partial charge on any atom is -0.375 e. The van der Waals surface area contributed by atoms with Crippen LogP contribution in [0.3, 0.4) is 0 Å². The number of ether oxygens (including phenoxy) is 1. The maximum atomic E-state index is 12.9. The number of nitrogens with one attached hydrogen (secondary N) is 1. The number of alkyl halides is 2. The average Bonchev–Trinajstić information content (AvgIpc) is 3.04. The van der Waals surface area contributed by atoms with Gasteiger partial charge in [-0.3, -0.25) is 14.3 Å². The highest BCUT2D eigenvalue weighted by molar-refractivity contribution is 5.85. The van der Waals surface area contributed by atoms with Crippen molar-refractivity contribution >= 4 is 30.7 Å². The van der Waals surface area contributed by atoms with Gasteiger partial charge in [-0.05, 0) is 6.92 Å². The number of amides is 1. The van der Waals surface area contributed by atoms with E-state index in [0.717, 1.165) is 4.57 Å². The molecule has 0 radical (unpaired) electrons. The summed E-state index contributed by atoms with van der Waals surface area (Å²) in [7, 11) is 0. The fourth-order valence-corrected chi connectivity index (χ4v) is 3.18. The smallest absolute Gasteiger partial charge is 0.319 e. The van der Waals surface area contributed by atoms with Crippen LogP contribution in [0, 0.1) is 0 Å². The topological polar surface area (TPSA) is 62.6 Å². The van der Waals surface area contributed by atoms with Crippen LogP contribution in [0.2, 0.25) is 0 Å². The molecule has 0 spiro atoms. The standard InChI is InChI=1S/C15H23F2N5O2.2ClH/c1-11-13(19-3-9-24-11)14(23)21-7-5-20(6-8-21)10-12-18-2-4-22(12)15(16)17;;/h2,4,11,13,15,19H,3,5-10H2,1H3;2*1H/t11-,13+;;/m1../s1. The Morgan fingerprint density at radius 2 is 2.04 bits per heavy atom. The number of hydrogen-bond donors (Lipinski definition) is 1. The molecule has 11 heteroatoms. The van der Waals surface area contributed by atoms with E-state index >= 15 is 0 Å². The average molecular weight is 416 g/mol. The van der Waals surface area contributed by atoms with Gasteiger partial charge in [-0.15, -0.1) is 24.8 Å². The fourth-order valence-electron chi connectivity index (χ4n) is 3.18. The van der Waals surface area contributed by atoms with Crippen molar-refractivity contribution in [2.24, 2.45) is 0 Å². The molecule has 1 aromatic heterocycles. The molecule has 2 aliphatic heterocycles. The number of nitrogens with zero attached hydrogens (tertiary/aromatic N) is 4. The van der Waals surface area contributed by atoms with Crippen molar-refractivity contribution in [3.63, 3.8) is 0 Å². The van der Waals surface area contributed by atoms with Crippen LogP contribution in [-0.4, -0.2) is 76.7 Å². The van der Waals surface area contributed by atoms with Gasteiger partial charge < -0.3 is 15.0 Å². The van der Waals surface area contributed by atoms with Crippen LogP contribution in [0.1, 0.15) is 19.3 Å². The zero-order valence-electron chi connectivity index (χ0n) is 14.5. The molecule has 0 unspecified atom stereocenters. The zero-order valence-corrected chi connectivity index (χ0v) is 16.1. The lowest BCUT2D eigenvalue weighted by Crippen LogP contribution is -2.59. The first-order valence-corrected chi connectivity index (χ1v) is 8.22. The van der Waals surface area contributed by atoms with Gasteiger partial charge in [0.1, 0.15) is 11.9 Å². The van der Waals surface area contributed by atoms with Crippen molar-refractivity contribution in [2.75, 3.05) is 39.3 Å². The van der Waals surface area contributed by atoms with Gasteiger partial charge >= 0.3 is 6.55 Å². The number of piperazine rings is 1. The van der Waals surface area contributed by atoms with Gasteiger partial charge in [-0.25, -0.2) is 4.98 Å². The Balaban J connectivity index is 0.00000169.